The van der Waals surface area contributed by atoms with Crippen molar-refractivity contribution in [3.05, 3.63) is 87.3 Å². The Balaban J connectivity index is 1.69. The Bertz CT molecular complexity index is 1210. The first-order valence-corrected chi connectivity index (χ1v) is 8.82. The number of hydrogen-bond donors (Lipinski definition) is 3. The number of H-pyrrole nitrogens is 1. The van der Waals surface area contributed by atoms with Crippen LogP contribution in [0.2, 0.25) is 5.02 Å². The van der Waals surface area contributed by atoms with Crippen molar-refractivity contribution in [2.45, 2.75) is 6.54 Å². The van der Waals surface area contributed by atoms with E-state index in [1.165, 1.54) is 6.20 Å². The summed E-state index contributed by atoms with van der Waals surface area (Å²) in [7, 11) is 0. The van der Waals surface area contributed by atoms with Crippen molar-refractivity contribution >= 4 is 34.2 Å². The second kappa shape index (κ2) is 7.21. The second-order valence-corrected chi connectivity index (χ2v) is 6.63. The average Bonchev–Trinajstić information content (AvgIpc) is 3.07. The molecule has 8 heteroatoms. The van der Waals surface area contributed by atoms with Gasteiger partial charge < -0.3 is 15.4 Å². The molecule has 2 heterocycles. The maximum absolute atomic E-state index is 12.5. The summed E-state index contributed by atoms with van der Waals surface area (Å²) in [5.41, 5.74) is 0.702. The zero-order valence-electron chi connectivity index (χ0n) is 14.5. The molecule has 2 aromatic carbocycles. The molecule has 0 atom stereocenters. The van der Waals surface area contributed by atoms with Crippen LogP contribution >= 0.6 is 11.6 Å². The molecule has 7 nitrogen and oxygen atoms in total. The van der Waals surface area contributed by atoms with Crippen LogP contribution < -0.4 is 10.9 Å². The summed E-state index contributed by atoms with van der Waals surface area (Å²) in [4.78, 5) is 27.7. The van der Waals surface area contributed by atoms with Crippen LogP contribution in [0, 0.1) is 0 Å². The number of aromatic hydroxyl groups is 1. The average molecular weight is 395 g/mol. The summed E-state index contributed by atoms with van der Waals surface area (Å²) in [6.07, 6.45) is 1.42. The van der Waals surface area contributed by atoms with Crippen LogP contribution in [0.15, 0.2) is 65.6 Å². The number of anilines is 1. The monoisotopic (exact) mass is 394 g/mol. The molecule has 1 amide bonds. The maximum Gasteiger partial charge on any atom is 0.266 e. The number of halogens is 1. The van der Waals surface area contributed by atoms with Gasteiger partial charge in [0.25, 0.3) is 11.5 Å². The number of nitrogens with zero attached hydrogens (tertiary/aromatic N) is 2. The number of carbonyl (C=O) groups is 1. The molecule has 0 radical (unpaired) electrons. The normalized spacial score (nSPS) is 10.9. The van der Waals surface area contributed by atoms with E-state index in [0.29, 0.717) is 22.9 Å². The molecule has 4 rings (SSSR count). The smallest absolute Gasteiger partial charge is 0.266 e. The minimum Gasteiger partial charge on any atom is -0.506 e. The first-order chi connectivity index (χ1) is 13.5. The van der Waals surface area contributed by atoms with Crippen LogP contribution in [0.4, 0.5) is 5.69 Å². The van der Waals surface area contributed by atoms with E-state index in [2.05, 4.69) is 15.4 Å². The van der Waals surface area contributed by atoms with Crippen LogP contribution in [0.5, 0.6) is 5.75 Å². The highest BCUT2D eigenvalue weighted by atomic mass is 35.5. The van der Waals surface area contributed by atoms with E-state index in [1.807, 2.05) is 30.3 Å². The molecule has 0 unspecified atom stereocenters. The summed E-state index contributed by atoms with van der Waals surface area (Å²) in [5, 5.41) is 18.2. The Hall–Kier alpha value is -3.58. The van der Waals surface area contributed by atoms with Gasteiger partial charge in [0.1, 0.15) is 17.0 Å². The molecular formula is C20H15ClN4O3. The van der Waals surface area contributed by atoms with Gasteiger partial charge in [0.05, 0.1) is 18.1 Å². The highest BCUT2D eigenvalue weighted by Gasteiger charge is 2.21. The summed E-state index contributed by atoms with van der Waals surface area (Å²) < 4.78 is 1.56. The lowest BCUT2D eigenvalue weighted by Crippen LogP contribution is -2.24. The Kier molecular flexibility index (Phi) is 4.58. The number of benzene rings is 2. The fourth-order valence-corrected chi connectivity index (χ4v) is 3.04. The first-order valence-electron chi connectivity index (χ1n) is 8.44. The summed E-state index contributed by atoms with van der Waals surface area (Å²) in [5.74, 6) is -1.14. The zero-order chi connectivity index (χ0) is 19.7. The quantitative estimate of drug-likeness (QED) is 0.494. The highest BCUT2D eigenvalue weighted by Crippen LogP contribution is 2.26. The van der Waals surface area contributed by atoms with Gasteiger partial charge in [-0.15, -0.1) is 0 Å². The van der Waals surface area contributed by atoms with Crippen molar-refractivity contribution in [1.82, 2.24) is 14.8 Å². The number of nitrogens with one attached hydrogen (secondary N) is 2. The number of aromatic nitrogens is 3. The number of carbonyl (C=O) groups excluding carboxylic acids is 1. The lowest BCUT2D eigenvalue weighted by atomic mass is 10.2. The predicted octanol–water partition coefficient (Wildman–Crippen LogP) is 3.38. The molecule has 0 spiro atoms. The van der Waals surface area contributed by atoms with Gasteiger partial charge in [-0.05, 0) is 29.8 Å². The SMILES string of the molecule is O=C(Nc1ccc(Cl)cc1)c1c(O)c2cnn(Cc3ccccc3)c2[nH]c1=O. The number of amides is 1. The van der Waals surface area contributed by atoms with Crippen molar-refractivity contribution in [3.8, 4) is 5.75 Å². The van der Waals surface area contributed by atoms with Crippen molar-refractivity contribution in [2.24, 2.45) is 0 Å². The Morgan fingerprint density at radius 2 is 1.86 bits per heavy atom. The van der Waals surface area contributed by atoms with Gasteiger partial charge in [0.2, 0.25) is 0 Å². The highest BCUT2D eigenvalue weighted by molar-refractivity contribution is 6.30. The largest absolute Gasteiger partial charge is 0.506 e. The molecule has 0 saturated heterocycles. The fraction of sp³-hybridized carbons (Fsp3) is 0.0500. The van der Waals surface area contributed by atoms with Crippen molar-refractivity contribution in [3.63, 3.8) is 0 Å². The van der Waals surface area contributed by atoms with Gasteiger partial charge in [-0.1, -0.05) is 41.9 Å². The summed E-state index contributed by atoms with van der Waals surface area (Å²) in [6, 6.07) is 16.0. The molecule has 0 fully saturated rings. The Morgan fingerprint density at radius 1 is 1.14 bits per heavy atom. The van der Waals surface area contributed by atoms with Gasteiger partial charge >= 0.3 is 0 Å². The number of rotatable bonds is 4. The lowest BCUT2D eigenvalue weighted by molar-refractivity contribution is 0.102. The van der Waals surface area contributed by atoms with E-state index in [4.69, 9.17) is 11.6 Å². The molecule has 0 bridgehead atoms. The molecule has 3 N–H and O–H groups in total. The van der Waals surface area contributed by atoms with Gasteiger partial charge in [0, 0.05) is 10.7 Å². The van der Waals surface area contributed by atoms with Crippen LogP contribution in [0.1, 0.15) is 15.9 Å². The van der Waals surface area contributed by atoms with E-state index in [1.54, 1.807) is 28.9 Å². The van der Waals surface area contributed by atoms with Gasteiger partial charge in [0.15, 0.2) is 0 Å². The van der Waals surface area contributed by atoms with Crippen molar-refractivity contribution < 1.29 is 9.90 Å². The number of hydrogen-bond acceptors (Lipinski definition) is 4. The first kappa shape index (κ1) is 17.8. The van der Waals surface area contributed by atoms with Gasteiger partial charge in [-0.2, -0.15) is 5.10 Å². The second-order valence-electron chi connectivity index (χ2n) is 6.19. The van der Waals surface area contributed by atoms with Crippen LogP contribution in [0.25, 0.3) is 11.0 Å². The third-order valence-corrected chi connectivity index (χ3v) is 4.55. The molecular weight excluding hydrogens is 380 g/mol. The molecule has 2 aromatic heterocycles. The van der Waals surface area contributed by atoms with Crippen LogP contribution in [-0.4, -0.2) is 25.8 Å². The minimum absolute atomic E-state index is 0.289. The fourth-order valence-electron chi connectivity index (χ4n) is 2.92. The predicted molar refractivity (Wildman–Crippen MR) is 107 cm³/mol. The Morgan fingerprint density at radius 3 is 2.57 bits per heavy atom. The van der Waals surface area contributed by atoms with Gasteiger partial charge in [-0.25, -0.2) is 4.68 Å². The molecule has 28 heavy (non-hydrogen) atoms. The Labute approximate surface area is 164 Å². The lowest BCUT2D eigenvalue weighted by Gasteiger charge is -2.08. The molecule has 0 aliphatic heterocycles. The topological polar surface area (TPSA) is 100 Å². The van der Waals surface area contributed by atoms with E-state index < -0.39 is 17.2 Å². The van der Waals surface area contributed by atoms with E-state index >= 15 is 0 Å². The number of fused-ring (bicyclic) bond motifs is 1. The molecule has 140 valence electrons. The van der Waals surface area contributed by atoms with E-state index in [-0.39, 0.29) is 10.9 Å². The third kappa shape index (κ3) is 3.35. The van der Waals surface area contributed by atoms with E-state index in [0.717, 1.165) is 5.56 Å². The molecule has 0 aliphatic carbocycles. The maximum atomic E-state index is 12.5. The van der Waals surface area contributed by atoms with E-state index in [9.17, 15) is 14.7 Å². The van der Waals surface area contributed by atoms with Crippen molar-refractivity contribution in [2.75, 3.05) is 5.32 Å². The third-order valence-electron chi connectivity index (χ3n) is 4.29. The number of pyridine rings is 1. The summed E-state index contributed by atoms with van der Waals surface area (Å²) in [6.45, 7) is 0.413. The van der Waals surface area contributed by atoms with Gasteiger partial charge in [-0.3, -0.25) is 9.59 Å². The van der Waals surface area contributed by atoms with Crippen molar-refractivity contribution in [1.29, 1.82) is 0 Å². The van der Waals surface area contributed by atoms with Crippen LogP contribution in [-0.2, 0) is 6.54 Å². The molecule has 4 aromatic rings. The number of aromatic amines is 1. The zero-order valence-corrected chi connectivity index (χ0v) is 15.3. The molecule has 0 aliphatic rings. The molecule has 0 saturated carbocycles. The summed E-state index contributed by atoms with van der Waals surface area (Å²) >= 11 is 5.82. The standard InChI is InChI=1S/C20H15ClN4O3/c21-13-6-8-14(9-7-13)23-19(27)16-17(26)15-10-22-25(18(15)24-20(16)28)11-12-4-2-1-3-5-12/h1-10H,11H2,(H,23,27)(H2,24,26,28). The minimum atomic E-state index is -0.723. The van der Waals surface area contributed by atoms with Crippen LogP contribution in [0.3, 0.4) is 0 Å².